The minimum Gasteiger partial charge on any atom is -0.409 e. The second-order valence-corrected chi connectivity index (χ2v) is 4.93. The highest BCUT2D eigenvalue weighted by Gasteiger charge is 2.09. The van der Waals surface area contributed by atoms with E-state index in [2.05, 4.69) is 14.8 Å². The molecule has 0 amide bonds. The molecule has 3 N–H and O–H groups in total. The van der Waals surface area contributed by atoms with E-state index in [1.165, 1.54) is 5.69 Å². The Morgan fingerprint density at radius 1 is 1.33 bits per heavy atom. The maximum Gasteiger partial charge on any atom is 0.170 e. The number of oxime groups is 1. The van der Waals surface area contributed by atoms with Gasteiger partial charge in [0.1, 0.15) is 0 Å². The quantitative estimate of drug-likeness (QED) is 0.331. The van der Waals surface area contributed by atoms with Crippen LogP contribution in [-0.2, 0) is 20.0 Å². The number of aromatic nitrogens is 3. The zero-order valence-electron chi connectivity index (χ0n) is 11.8. The molecule has 0 saturated carbocycles. The summed E-state index contributed by atoms with van der Waals surface area (Å²) in [6.45, 7) is 0.850. The summed E-state index contributed by atoms with van der Waals surface area (Å²) in [5.74, 6) is 0.130. The summed E-state index contributed by atoms with van der Waals surface area (Å²) >= 11 is 0. The molecule has 0 unspecified atom stereocenters. The van der Waals surface area contributed by atoms with Crippen LogP contribution in [0.1, 0.15) is 11.3 Å². The third-order valence-electron chi connectivity index (χ3n) is 3.73. The first-order valence-corrected chi connectivity index (χ1v) is 6.73. The molecule has 3 aromatic rings. The Hall–Kier alpha value is -2.76. The van der Waals surface area contributed by atoms with Gasteiger partial charge >= 0.3 is 0 Å². The molecule has 0 aliphatic heterocycles. The molecular weight excluding hydrogens is 266 g/mol. The Kier molecular flexibility index (Phi) is 3.35. The van der Waals surface area contributed by atoms with Crippen molar-refractivity contribution in [3.63, 3.8) is 0 Å². The number of nitrogens with two attached hydrogens (primary N) is 1. The zero-order chi connectivity index (χ0) is 14.8. The number of fused-ring (bicyclic) bond motifs is 1. The molecule has 0 bridgehead atoms. The summed E-state index contributed by atoms with van der Waals surface area (Å²) < 4.78 is 4.05. The minimum atomic E-state index is 0.130. The van der Waals surface area contributed by atoms with Crippen molar-refractivity contribution in [1.29, 1.82) is 0 Å². The molecule has 2 heterocycles. The van der Waals surface area contributed by atoms with E-state index in [0.717, 1.165) is 29.4 Å². The summed E-state index contributed by atoms with van der Waals surface area (Å²) in [6.07, 6.45) is 4.73. The lowest BCUT2D eigenvalue weighted by Gasteiger charge is -2.07. The van der Waals surface area contributed by atoms with E-state index in [1.807, 2.05) is 48.3 Å². The van der Waals surface area contributed by atoms with Crippen LogP contribution in [0.2, 0.25) is 0 Å². The van der Waals surface area contributed by atoms with Gasteiger partial charge in [-0.05, 0) is 18.2 Å². The number of nitrogens with zero attached hydrogens (tertiary/aromatic N) is 4. The molecule has 0 fully saturated rings. The molecule has 0 spiro atoms. The molecule has 0 saturated heterocycles. The van der Waals surface area contributed by atoms with Gasteiger partial charge in [-0.1, -0.05) is 17.3 Å². The van der Waals surface area contributed by atoms with Crippen molar-refractivity contribution < 1.29 is 5.21 Å². The standard InChI is InChI=1S/C15H17N5O/c1-19-11(5-8-17-19)6-9-20-10-7-12-13(15(16)18-21)3-2-4-14(12)20/h2-5,7-8,10,21H,6,9H2,1H3,(H2,16,18). The van der Waals surface area contributed by atoms with Crippen LogP contribution in [0.3, 0.4) is 0 Å². The van der Waals surface area contributed by atoms with Crippen LogP contribution in [-0.4, -0.2) is 25.4 Å². The van der Waals surface area contributed by atoms with Crippen LogP contribution < -0.4 is 5.73 Å². The first kappa shape index (κ1) is 13.2. The molecule has 6 nitrogen and oxygen atoms in total. The van der Waals surface area contributed by atoms with Crippen molar-refractivity contribution in [3.05, 3.63) is 54.0 Å². The van der Waals surface area contributed by atoms with Crippen LogP contribution in [0, 0.1) is 0 Å². The molecule has 2 aromatic heterocycles. The molecule has 1 aromatic carbocycles. The van der Waals surface area contributed by atoms with Crippen molar-refractivity contribution in [2.45, 2.75) is 13.0 Å². The van der Waals surface area contributed by atoms with Gasteiger partial charge in [-0.2, -0.15) is 5.10 Å². The van der Waals surface area contributed by atoms with Gasteiger partial charge in [0, 0.05) is 54.6 Å². The third kappa shape index (κ3) is 2.35. The summed E-state index contributed by atoms with van der Waals surface area (Å²) in [5, 5.41) is 17.1. The number of aryl methyl sites for hydroxylation is 3. The van der Waals surface area contributed by atoms with E-state index in [9.17, 15) is 0 Å². The van der Waals surface area contributed by atoms with E-state index in [4.69, 9.17) is 10.9 Å². The summed E-state index contributed by atoms with van der Waals surface area (Å²) in [7, 11) is 1.94. The average Bonchev–Trinajstić information content (AvgIpc) is 3.10. The second kappa shape index (κ2) is 5.32. The highest BCUT2D eigenvalue weighted by atomic mass is 16.4. The second-order valence-electron chi connectivity index (χ2n) is 4.93. The molecular formula is C15H17N5O. The third-order valence-corrected chi connectivity index (χ3v) is 3.73. The smallest absolute Gasteiger partial charge is 0.170 e. The normalized spacial score (nSPS) is 12.1. The minimum absolute atomic E-state index is 0.130. The molecule has 3 rings (SSSR count). The van der Waals surface area contributed by atoms with Gasteiger partial charge < -0.3 is 15.5 Å². The molecule has 0 atom stereocenters. The fraction of sp³-hybridized carbons (Fsp3) is 0.200. The van der Waals surface area contributed by atoms with Crippen molar-refractivity contribution in [2.75, 3.05) is 0 Å². The van der Waals surface area contributed by atoms with Crippen LogP contribution in [0.4, 0.5) is 0 Å². The van der Waals surface area contributed by atoms with Gasteiger partial charge in [-0.3, -0.25) is 4.68 Å². The maximum atomic E-state index is 8.86. The fourth-order valence-electron chi connectivity index (χ4n) is 2.58. The number of hydrogen-bond acceptors (Lipinski definition) is 3. The SMILES string of the molecule is Cn1nccc1CCn1ccc2c(/C(N)=N/O)cccc21. The average molecular weight is 283 g/mol. The van der Waals surface area contributed by atoms with Gasteiger partial charge in [0.2, 0.25) is 0 Å². The van der Waals surface area contributed by atoms with Gasteiger partial charge in [0.25, 0.3) is 0 Å². The van der Waals surface area contributed by atoms with E-state index >= 15 is 0 Å². The number of rotatable bonds is 4. The molecule has 0 aliphatic carbocycles. The van der Waals surface area contributed by atoms with E-state index in [0.29, 0.717) is 0 Å². The van der Waals surface area contributed by atoms with Gasteiger partial charge in [0.05, 0.1) is 0 Å². The molecule has 0 aliphatic rings. The first-order chi connectivity index (χ1) is 10.2. The van der Waals surface area contributed by atoms with E-state index in [1.54, 1.807) is 6.20 Å². The monoisotopic (exact) mass is 283 g/mol. The molecule has 6 heteroatoms. The van der Waals surface area contributed by atoms with Crippen molar-refractivity contribution in [3.8, 4) is 0 Å². The highest BCUT2D eigenvalue weighted by Crippen LogP contribution is 2.20. The topological polar surface area (TPSA) is 81.4 Å². The van der Waals surface area contributed by atoms with E-state index in [-0.39, 0.29) is 5.84 Å². The molecule has 0 radical (unpaired) electrons. The van der Waals surface area contributed by atoms with E-state index < -0.39 is 0 Å². The molecule has 21 heavy (non-hydrogen) atoms. The molecule has 108 valence electrons. The fourth-order valence-corrected chi connectivity index (χ4v) is 2.58. The summed E-state index contributed by atoms with van der Waals surface area (Å²) in [4.78, 5) is 0. The maximum absolute atomic E-state index is 8.86. The van der Waals surface area contributed by atoms with Crippen molar-refractivity contribution in [1.82, 2.24) is 14.3 Å². The number of amidine groups is 1. The highest BCUT2D eigenvalue weighted by molar-refractivity contribution is 6.08. The summed E-state index contributed by atoms with van der Waals surface area (Å²) in [5.41, 5.74) is 8.72. The Bertz CT molecular complexity index is 799. The number of hydrogen-bond donors (Lipinski definition) is 2. The van der Waals surface area contributed by atoms with Crippen molar-refractivity contribution in [2.24, 2.45) is 17.9 Å². The lowest BCUT2D eigenvalue weighted by molar-refractivity contribution is 0.318. The Morgan fingerprint density at radius 2 is 2.19 bits per heavy atom. The number of benzene rings is 1. The Balaban J connectivity index is 1.92. The van der Waals surface area contributed by atoms with Gasteiger partial charge in [-0.15, -0.1) is 0 Å². The van der Waals surface area contributed by atoms with Crippen molar-refractivity contribution >= 4 is 16.7 Å². The summed E-state index contributed by atoms with van der Waals surface area (Å²) in [6, 6.07) is 9.81. The van der Waals surface area contributed by atoms with Crippen LogP contribution >= 0.6 is 0 Å². The predicted octanol–water partition coefficient (Wildman–Crippen LogP) is 1.71. The van der Waals surface area contributed by atoms with Gasteiger partial charge in [-0.25, -0.2) is 0 Å². The van der Waals surface area contributed by atoms with Crippen LogP contribution in [0.5, 0.6) is 0 Å². The first-order valence-electron chi connectivity index (χ1n) is 6.73. The lowest BCUT2D eigenvalue weighted by Crippen LogP contribution is -2.13. The van der Waals surface area contributed by atoms with Gasteiger partial charge in [0.15, 0.2) is 5.84 Å². The zero-order valence-corrected chi connectivity index (χ0v) is 11.8. The Morgan fingerprint density at radius 3 is 2.90 bits per heavy atom. The Labute approximate surface area is 122 Å². The van der Waals surface area contributed by atoms with Crippen LogP contribution in [0.15, 0.2) is 47.9 Å². The lowest BCUT2D eigenvalue weighted by atomic mass is 10.1. The van der Waals surface area contributed by atoms with Crippen LogP contribution in [0.25, 0.3) is 10.9 Å². The largest absolute Gasteiger partial charge is 0.409 e. The predicted molar refractivity (Wildman–Crippen MR) is 81.4 cm³/mol.